The number of ether oxygens (including phenoxy) is 2. The van der Waals surface area contributed by atoms with Gasteiger partial charge in [-0.3, -0.25) is 14.4 Å². The number of furan rings is 1. The number of amides is 1. The van der Waals surface area contributed by atoms with Crippen LogP contribution in [0.15, 0.2) is 59.0 Å². The maximum Gasteiger partial charge on any atom is 0.291 e. The van der Waals surface area contributed by atoms with E-state index in [2.05, 4.69) is 0 Å². The first-order valence-corrected chi connectivity index (χ1v) is 12.0. The number of rotatable bonds is 8. The van der Waals surface area contributed by atoms with Crippen molar-refractivity contribution in [2.45, 2.75) is 12.5 Å². The summed E-state index contributed by atoms with van der Waals surface area (Å²) in [4.78, 5) is 43.0. The van der Waals surface area contributed by atoms with Gasteiger partial charge in [-0.2, -0.15) is 0 Å². The van der Waals surface area contributed by atoms with Gasteiger partial charge in [-0.05, 0) is 29.8 Å². The van der Waals surface area contributed by atoms with Crippen molar-refractivity contribution < 1.29 is 33.2 Å². The smallest absolute Gasteiger partial charge is 0.291 e. The Bertz CT molecular complexity index is 1190. The third-order valence-corrected chi connectivity index (χ3v) is 6.94. The molecule has 2 saturated heterocycles. The maximum absolute atomic E-state index is 13.6. The Balaban J connectivity index is 1.44. The number of morpholine rings is 1. The number of hydrogen-bond acceptors (Lipinski definition) is 6. The van der Waals surface area contributed by atoms with Crippen LogP contribution < -0.4 is 9.64 Å². The lowest BCUT2D eigenvalue weighted by atomic mass is 9.88. The highest BCUT2D eigenvalue weighted by molar-refractivity contribution is 6.43. The molecule has 2 atom stereocenters. The minimum atomic E-state index is -1.16. The van der Waals surface area contributed by atoms with E-state index in [1.165, 1.54) is 4.90 Å². The van der Waals surface area contributed by atoms with Crippen LogP contribution in [-0.4, -0.2) is 68.9 Å². The van der Waals surface area contributed by atoms with Gasteiger partial charge < -0.3 is 23.7 Å². The summed E-state index contributed by atoms with van der Waals surface area (Å²) in [6.07, 6.45) is 0.729. The largest absolute Gasteiger partial charge is 0.497 e. The fraction of sp³-hybridized carbons (Fsp3) is 0.370. The summed E-state index contributed by atoms with van der Waals surface area (Å²) < 4.78 is 16.5. The standard InChI is InChI=1S/C27H28N2O6/c1-33-20-9-7-18(8-10-20)24-23(25(30)22-17-19-5-2-3-6-21(19)35-22)26(31)27(32)29(24)12-4-11-28-13-15-34-16-14-28/h2-3,5-10,17,23-24H,4,11-16H2,1H3/p+1. The van der Waals surface area contributed by atoms with Crippen LogP contribution in [0.3, 0.4) is 0 Å². The van der Waals surface area contributed by atoms with Crippen molar-refractivity contribution in [1.29, 1.82) is 0 Å². The Labute approximate surface area is 203 Å². The fourth-order valence-corrected chi connectivity index (χ4v) is 5.07. The molecule has 3 aromatic rings. The van der Waals surface area contributed by atoms with E-state index in [1.807, 2.05) is 30.3 Å². The normalized spacial score (nSPS) is 21.1. The van der Waals surface area contributed by atoms with Crippen molar-refractivity contribution in [1.82, 2.24) is 4.90 Å². The molecule has 1 amide bonds. The van der Waals surface area contributed by atoms with Crippen LogP contribution in [0.25, 0.3) is 11.0 Å². The minimum absolute atomic E-state index is 0.0930. The molecule has 0 spiro atoms. The summed E-state index contributed by atoms with van der Waals surface area (Å²) in [6.45, 7) is 4.61. The molecule has 1 N–H and O–H groups in total. The quantitative estimate of drug-likeness (QED) is 0.302. The zero-order chi connectivity index (χ0) is 24.4. The van der Waals surface area contributed by atoms with Crippen molar-refractivity contribution in [3.05, 3.63) is 65.9 Å². The fourth-order valence-electron chi connectivity index (χ4n) is 5.07. The number of quaternary nitrogens is 1. The second-order valence-corrected chi connectivity index (χ2v) is 9.04. The topological polar surface area (TPSA) is 90.5 Å². The van der Waals surface area contributed by atoms with Crippen LogP contribution >= 0.6 is 0 Å². The molecule has 8 nitrogen and oxygen atoms in total. The van der Waals surface area contributed by atoms with Crippen LogP contribution in [0.5, 0.6) is 5.75 Å². The Kier molecular flexibility index (Phi) is 6.66. The summed E-state index contributed by atoms with van der Waals surface area (Å²) in [6, 6.07) is 15.4. The lowest BCUT2D eigenvalue weighted by molar-refractivity contribution is -0.908. The number of Topliss-reactive ketones (excluding diaryl/α,β-unsaturated/α-hetero) is 2. The lowest BCUT2D eigenvalue weighted by Crippen LogP contribution is -3.14. The third-order valence-electron chi connectivity index (χ3n) is 6.94. The van der Waals surface area contributed by atoms with Gasteiger partial charge in [0.05, 0.1) is 32.9 Å². The van der Waals surface area contributed by atoms with E-state index >= 15 is 0 Å². The predicted molar refractivity (Wildman–Crippen MR) is 127 cm³/mol. The molecular formula is C27H29N2O6+. The molecule has 0 saturated carbocycles. The summed E-state index contributed by atoms with van der Waals surface area (Å²) in [5.41, 5.74) is 1.29. The molecule has 182 valence electrons. The van der Waals surface area contributed by atoms with Gasteiger partial charge >= 0.3 is 0 Å². The highest BCUT2D eigenvalue weighted by Crippen LogP contribution is 2.39. The Morgan fingerprint density at radius 3 is 2.54 bits per heavy atom. The summed E-state index contributed by atoms with van der Waals surface area (Å²) >= 11 is 0. The van der Waals surface area contributed by atoms with Crippen LogP contribution in [0, 0.1) is 5.92 Å². The number of nitrogens with zero attached hydrogens (tertiary/aromatic N) is 1. The minimum Gasteiger partial charge on any atom is -0.497 e. The monoisotopic (exact) mass is 477 g/mol. The molecule has 2 aliphatic rings. The molecule has 2 aromatic carbocycles. The lowest BCUT2D eigenvalue weighted by Gasteiger charge is -2.28. The SMILES string of the molecule is COc1ccc(C2C(C(=O)c3cc4ccccc4o3)C(=O)C(=O)N2CCC[NH+]2CCOCC2)cc1. The Morgan fingerprint density at radius 2 is 1.83 bits per heavy atom. The molecule has 5 rings (SSSR count). The van der Waals surface area contributed by atoms with Crippen LogP contribution in [-0.2, 0) is 14.3 Å². The number of benzene rings is 2. The van der Waals surface area contributed by atoms with Gasteiger partial charge in [-0.25, -0.2) is 0 Å². The first-order chi connectivity index (χ1) is 17.1. The molecular weight excluding hydrogens is 448 g/mol. The van der Waals surface area contributed by atoms with Crippen molar-refractivity contribution in [2.24, 2.45) is 5.92 Å². The number of fused-ring (bicyclic) bond motifs is 1. The van der Waals surface area contributed by atoms with Gasteiger partial charge in [0.25, 0.3) is 5.91 Å². The average Bonchev–Trinajstić information content (AvgIpc) is 3.44. The summed E-state index contributed by atoms with van der Waals surface area (Å²) in [5.74, 6) is -2.18. The van der Waals surface area contributed by atoms with Gasteiger partial charge in [0.15, 0.2) is 5.76 Å². The van der Waals surface area contributed by atoms with E-state index in [1.54, 1.807) is 36.3 Å². The van der Waals surface area contributed by atoms with Gasteiger partial charge in [-0.15, -0.1) is 0 Å². The molecule has 35 heavy (non-hydrogen) atoms. The zero-order valence-corrected chi connectivity index (χ0v) is 19.7. The molecule has 2 fully saturated rings. The van der Waals surface area contributed by atoms with Crippen molar-refractivity contribution >= 4 is 28.4 Å². The van der Waals surface area contributed by atoms with Crippen molar-refractivity contribution in [3.8, 4) is 5.75 Å². The molecule has 1 aromatic heterocycles. The van der Waals surface area contributed by atoms with Crippen molar-refractivity contribution in [3.63, 3.8) is 0 Å². The van der Waals surface area contributed by atoms with Gasteiger partial charge in [0.1, 0.15) is 30.3 Å². The van der Waals surface area contributed by atoms with Gasteiger partial charge in [0, 0.05) is 18.4 Å². The molecule has 3 heterocycles. The van der Waals surface area contributed by atoms with Crippen LogP contribution in [0.4, 0.5) is 0 Å². The molecule has 2 unspecified atom stereocenters. The molecule has 0 radical (unpaired) electrons. The number of hydrogen-bond donors (Lipinski definition) is 1. The van der Waals surface area contributed by atoms with E-state index in [-0.39, 0.29) is 5.76 Å². The Hall–Kier alpha value is -3.49. The first-order valence-electron chi connectivity index (χ1n) is 12.0. The Morgan fingerprint density at radius 1 is 1.09 bits per heavy atom. The third kappa shape index (κ3) is 4.59. The number of carbonyl (C=O) groups excluding carboxylic acids is 3. The van der Waals surface area contributed by atoms with Gasteiger partial charge in [0.2, 0.25) is 11.6 Å². The van der Waals surface area contributed by atoms with E-state index in [9.17, 15) is 14.4 Å². The second-order valence-electron chi connectivity index (χ2n) is 9.04. The van der Waals surface area contributed by atoms with E-state index in [0.717, 1.165) is 50.2 Å². The second kappa shape index (κ2) is 10.0. The molecule has 0 aliphatic carbocycles. The van der Waals surface area contributed by atoms with Crippen LogP contribution in [0.2, 0.25) is 0 Å². The maximum atomic E-state index is 13.6. The summed E-state index contributed by atoms with van der Waals surface area (Å²) in [5, 5.41) is 0.777. The number of ketones is 2. The zero-order valence-electron chi connectivity index (χ0n) is 19.7. The van der Waals surface area contributed by atoms with E-state index in [4.69, 9.17) is 13.9 Å². The average molecular weight is 478 g/mol. The van der Waals surface area contributed by atoms with Gasteiger partial charge in [-0.1, -0.05) is 30.3 Å². The molecule has 2 aliphatic heterocycles. The first kappa shape index (κ1) is 23.3. The number of para-hydroxylation sites is 1. The summed E-state index contributed by atoms with van der Waals surface area (Å²) in [7, 11) is 1.58. The molecule has 0 bridgehead atoms. The number of carbonyl (C=O) groups is 3. The van der Waals surface area contributed by atoms with E-state index < -0.39 is 29.4 Å². The highest BCUT2D eigenvalue weighted by atomic mass is 16.5. The van der Waals surface area contributed by atoms with Crippen LogP contribution in [0.1, 0.15) is 28.6 Å². The number of likely N-dealkylation sites (tertiary alicyclic amines) is 1. The molecule has 8 heteroatoms. The van der Waals surface area contributed by atoms with Crippen molar-refractivity contribution in [2.75, 3.05) is 46.5 Å². The number of nitrogens with one attached hydrogen (secondary N) is 1. The predicted octanol–water partition coefficient (Wildman–Crippen LogP) is 1.70. The number of methoxy groups -OCH3 is 1. The van der Waals surface area contributed by atoms with E-state index in [0.29, 0.717) is 17.9 Å². The highest BCUT2D eigenvalue weighted by Gasteiger charge is 2.52.